The molecule has 30 heavy (non-hydrogen) atoms. The Bertz CT molecular complexity index is 729. The highest BCUT2D eigenvalue weighted by atomic mass is 16.5. The average molecular weight is 418 g/mol. The molecule has 1 aromatic carbocycles. The number of methoxy groups -OCH3 is 1. The number of ether oxygens (including phenoxy) is 3. The summed E-state index contributed by atoms with van der Waals surface area (Å²) in [4.78, 5) is 29.5. The predicted octanol–water partition coefficient (Wildman–Crippen LogP) is 0.902. The van der Waals surface area contributed by atoms with Gasteiger partial charge in [-0.2, -0.15) is 0 Å². The van der Waals surface area contributed by atoms with Crippen molar-refractivity contribution in [3.63, 3.8) is 0 Å². The summed E-state index contributed by atoms with van der Waals surface area (Å²) >= 11 is 0. The van der Waals surface area contributed by atoms with Crippen molar-refractivity contribution in [2.75, 3.05) is 64.6 Å². The maximum absolute atomic E-state index is 12.9. The van der Waals surface area contributed by atoms with Crippen LogP contribution in [-0.2, 0) is 19.1 Å². The molecule has 164 valence electrons. The lowest BCUT2D eigenvalue weighted by Crippen LogP contribution is -2.53. The van der Waals surface area contributed by atoms with E-state index in [-0.39, 0.29) is 30.2 Å². The van der Waals surface area contributed by atoms with Gasteiger partial charge >= 0.3 is 0 Å². The summed E-state index contributed by atoms with van der Waals surface area (Å²) in [6.07, 6.45) is 1.26. The standard InChI is InChI=1S/C22H31N3O5/c1-28-19-4-2-18(3-5-19)25-14-17(12-21(25)26)22(27)23-13-20(16-6-9-30-15-16)24-7-10-29-11-8-24/h2-5,16-17,20H,6-15H2,1H3,(H,23,27). The SMILES string of the molecule is COc1ccc(N2CC(C(=O)NCC(C3CCOC3)N3CCOCC3)CC2=O)cc1. The number of carbonyl (C=O) groups excluding carboxylic acids is 2. The topological polar surface area (TPSA) is 80.3 Å². The molecule has 0 radical (unpaired) electrons. The monoisotopic (exact) mass is 417 g/mol. The van der Waals surface area contributed by atoms with Crippen molar-refractivity contribution in [3.8, 4) is 5.75 Å². The summed E-state index contributed by atoms with van der Waals surface area (Å²) in [5, 5.41) is 3.13. The van der Waals surface area contributed by atoms with Crippen molar-refractivity contribution in [2.24, 2.45) is 11.8 Å². The van der Waals surface area contributed by atoms with E-state index >= 15 is 0 Å². The van der Waals surface area contributed by atoms with E-state index in [2.05, 4.69) is 10.2 Å². The number of hydrogen-bond acceptors (Lipinski definition) is 6. The van der Waals surface area contributed by atoms with Crippen LogP contribution in [0.4, 0.5) is 5.69 Å². The first-order valence-electron chi connectivity index (χ1n) is 10.8. The second kappa shape index (κ2) is 9.76. The Hall–Kier alpha value is -2.16. The first kappa shape index (κ1) is 21.1. The Morgan fingerprint density at radius 3 is 2.63 bits per heavy atom. The summed E-state index contributed by atoms with van der Waals surface area (Å²) < 4.78 is 16.3. The van der Waals surface area contributed by atoms with E-state index in [9.17, 15) is 9.59 Å². The zero-order chi connectivity index (χ0) is 20.9. The zero-order valence-corrected chi connectivity index (χ0v) is 17.5. The molecular weight excluding hydrogens is 386 g/mol. The van der Waals surface area contributed by atoms with E-state index in [4.69, 9.17) is 14.2 Å². The Morgan fingerprint density at radius 1 is 1.20 bits per heavy atom. The van der Waals surface area contributed by atoms with Crippen molar-refractivity contribution in [3.05, 3.63) is 24.3 Å². The zero-order valence-electron chi connectivity index (χ0n) is 17.5. The van der Waals surface area contributed by atoms with Crippen molar-refractivity contribution >= 4 is 17.5 Å². The maximum atomic E-state index is 12.9. The van der Waals surface area contributed by atoms with Crippen LogP contribution in [0, 0.1) is 11.8 Å². The fourth-order valence-corrected chi connectivity index (χ4v) is 4.60. The molecule has 0 aromatic heterocycles. The molecule has 8 heteroatoms. The molecule has 3 heterocycles. The molecule has 3 aliphatic rings. The van der Waals surface area contributed by atoms with Gasteiger partial charge in [0.1, 0.15) is 5.75 Å². The molecule has 0 spiro atoms. The number of amides is 2. The van der Waals surface area contributed by atoms with Gasteiger partial charge in [-0.1, -0.05) is 0 Å². The van der Waals surface area contributed by atoms with Gasteiger partial charge in [0.25, 0.3) is 0 Å². The third-order valence-corrected chi connectivity index (χ3v) is 6.39. The predicted molar refractivity (Wildman–Crippen MR) is 112 cm³/mol. The van der Waals surface area contributed by atoms with E-state index in [1.54, 1.807) is 12.0 Å². The van der Waals surface area contributed by atoms with Gasteiger partial charge in [0, 0.05) is 56.9 Å². The van der Waals surface area contributed by atoms with Crippen molar-refractivity contribution in [1.29, 1.82) is 0 Å². The first-order valence-corrected chi connectivity index (χ1v) is 10.8. The lowest BCUT2D eigenvalue weighted by molar-refractivity contribution is -0.126. The smallest absolute Gasteiger partial charge is 0.227 e. The van der Waals surface area contributed by atoms with Crippen LogP contribution in [0.3, 0.4) is 0 Å². The Labute approximate surface area is 177 Å². The van der Waals surface area contributed by atoms with E-state index < -0.39 is 0 Å². The quantitative estimate of drug-likeness (QED) is 0.710. The van der Waals surface area contributed by atoms with E-state index in [1.807, 2.05) is 24.3 Å². The van der Waals surface area contributed by atoms with Gasteiger partial charge in [-0.05, 0) is 30.7 Å². The summed E-state index contributed by atoms with van der Waals surface area (Å²) in [6.45, 7) is 5.73. The highest BCUT2D eigenvalue weighted by molar-refractivity contribution is 6.00. The number of nitrogens with one attached hydrogen (secondary N) is 1. The molecule has 0 saturated carbocycles. The van der Waals surface area contributed by atoms with Gasteiger partial charge in [0.15, 0.2) is 0 Å². The normalized spacial score (nSPS) is 26.0. The molecular formula is C22H31N3O5. The van der Waals surface area contributed by atoms with Crippen LogP contribution in [0.25, 0.3) is 0 Å². The molecule has 3 unspecified atom stereocenters. The minimum absolute atomic E-state index is 0.0192. The molecule has 1 N–H and O–H groups in total. The van der Waals surface area contributed by atoms with Gasteiger partial charge in [-0.3, -0.25) is 14.5 Å². The third-order valence-electron chi connectivity index (χ3n) is 6.39. The highest BCUT2D eigenvalue weighted by Gasteiger charge is 2.37. The van der Waals surface area contributed by atoms with Crippen LogP contribution in [0.15, 0.2) is 24.3 Å². The van der Waals surface area contributed by atoms with Crippen LogP contribution >= 0.6 is 0 Å². The van der Waals surface area contributed by atoms with Crippen LogP contribution in [-0.4, -0.2) is 82.5 Å². The number of hydrogen-bond donors (Lipinski definition) is 1. The Balaban J connectivity index is 1.34. The van der Waals surface area contributed by atoms with Crippen LogP contribution in [0.2, 0.25) is 0 Å². The molecule has 3 fully saturated rings. The van der Waals surface area contributed by atoms with Crippen LogP contribution < -0.4 is 15.0 Å². The minimum atomic E-state index is -0.329. The van der Waals surface area contributed by atoms with Gasteiger partial charge in [0.2, 0.25) is 11.8 Å². The Kier molecular flexibility index (Phi) is 6.86. The second-order valence-corrected chi connectivity index (χ2v) is 8.19. The number of carbonyl (C=O) groups is 2. The molecule has 0 bridgehead atoms. The van der Waals surface area contributed by atoms with Crippen LogP contribution in [0.5, 0.6) is 5.75 Å². The van der Waals surface area contributed by atoms with Gasteiger partial charge in [-0.15, -0.1) is 0 Å². The molecule has 3 atom stereocenters. The van der Waals surface area contributed by atoms with Crippen LogP contribution in [0.1, 0.15) is 12.8 Å². The fourth-order valence-electron chi connectivity index (χ4n) is 4.60. The number of morpholine rings is 1. The molecule has 4 rings (SSSR count). The number of rotatable bonds is 7. The number of anilines is 1. The fraction of sp³-hybridized carbons (Fsp3) is 0.636. The molecule has 2 amide bonds. The van der Waals surface area contributed by atoms with E-state index in [0.717, 1.165) is 57.4 Å². The molecule has 3 aliphatic heterocycles. The third kappa shape index (κ3) is 4.77. The van der Waals surface area contributed by atoms with Crippen molar-refractivity contribution < 1.29 is 23.8 Å². The van der Waals surface area contributed by atoms with E-state index in [0.29, 0.717) is 19.0 Å². The second-order valence-electron chi connectivity index (χ2n) is 8.19. The molecule has 1 aromatic rings. The van der Waals surface area contributed by atoms with Gasteiger partial charge in [-0.25, -0.2) is 0 Å². The Morgan fingerprint density at radius 2 is 1.97 bits per heavy atom. The highest BCUT2D eigenvalue weighted by Crippen LogP contribution is 2.27. The molecule has 3 saturated heterocycles. The van der Waals surface area contributed by atoms with E-state index in [1.165, 1.54) is 0 Å². The summed E-state index contributed by atoms with van der Waals surface area (Å²) in [6, 6.07) is 7.60. The first-order chi connectivity index (χ1) is 14.7. The average Bonchev–Trinajstić information content (AvgIpc) is 3.45. The summed E-state index contributed by atoms with van der Waals surface area (Å²) in [5.41, 5.74) is 0.797. The maximum Gasteiger partial charge on any atom is 0.227 e. The largest absolute Gasteiger partial charge is 0.497 e. The molecule has 0 aliphatic carbocycles. The number of benzene rings is 1. The summed E-state index contributed by atoms with van der Waals surface area (Å²) in [7, 11) is 1.61. The van der Waals surface area contributed by atoms with Gasteiger partial charge < -0.3 is 24.4 Å². The van der Waals surface area contributed by atoms with Gasteiger partial charge in [0.05, 0.1) is 32.8 Å². The summed E-state index contributed by atoms with van der Waals surface area (Å²) in [5.74, 6) is 0.768. The lowest BCUT2D eigenvalue weighted by Gasteiger charge is -2.37. The van der Waals surface area contributed by atoms with Crippen molar-refractivity contribution in [2.45, 2.75) is 18.9 Å². The minimum Gasteiger partial charge on any atom is -0.497 e. The lowest BCUT2D eigenvalue weighted by atomic mass is 9.96. The number of nitrogens with zero attached hydrogens (tertiary/aromatic N) is 2. The van der Waals surface area contributed by atoms with Crippen molar-refractivity contribution in [1.82, 2.24) is 10.2 Å². The molecule has 8 nitrogen and oxygen atoms in total.